The van der Waals surface area contributed by atoms with Crippen LogP contribution in [0.15, 0.2) is 18.2 Å². The van der Waals surface area contributed by atoms with Gasteiger partial charge >= 0.3 is 6.18 Å². The summed E-state index contributed by atoms with van der Waals surface area (Å²) in [7, 11) is 0.778. The molecule has 100 valence electrons. The minimum atomic E-state index is -4.77. The molecule has 0 aliphatic rings. The van der Waals surface area contributed by atoms with Crippen LogP contribution < -0.4 is 5.32 Å². The van der Waals surface area contributed by atoms with E-state index >= 15 is 0 Å². The quantitative estimate of drug-likeness (QED) is 0.394. The number of nitrogens with zero attached hydrogens (tertiary/aromatic N) is 1. The average molecular weight is 268 g/mol. The summed E-state index contributed by atoms with van der Waals surface area (Å²) < 4.78 is 54.4. The first kappa shape index (κ1) is 14.2. The van der Waals surface area contributed by atoms with Crippen molar-refractivity contribution in [1.82, 2.24) is 0 Å². The number of nitro benzene ring substituents is 1. The molecule has 1 aromatic rings. The summed E-state index contributed by atoms with van der Waals surface area (Å²) in [4.78, 5) is 9.57. The molecule has 0 spiro atoms. The molecular weight excluding hydrogens is 260 g/mol. The molecule has 0 aliphatic heterocycles. The first-order valence-electron chi connectivity index (χ1n) is 4.55. The van der Waals surface area contributed by atoms with E-state index < -0.39 is 34.5 Å². The van der Waals surface area contributed by atoms with Crippen molar-refractivity contribution in [2.45, 2.75) is 12.4 Å². The van der Waals surface area contributed by atoms with Crippen molar-refractivity contribution in [3.63, 3.8) is 0 Å². The van der Waals surface area contributed by atoms with Gasteiger partial charge in [-0.15, -0.1) is 0 Å². The van der Waals surface area contributed by atoms with Crippen LogP contribution in [0.5, 0.6) is 0 Å². The largest absolute Gasteiger partial charge is 0.433 e. The van der Waals surface area contributed by atoms with Gasteiger partial charge in [0.25, 0.3) is 5.69 Å². The van der Waals surface area contributed by atoms with Crippen molar-refractivity contribution in [3.8, 4) is 0 Å². The topological polar surface area (TPSA) is 64.4 Å². The average Bonchev–Trinajstić information content (AvgIpc) is 2.25. The van der Waals surface area contributed by atoms with E-state index in [0.717, 1.165) is 13.2 Å². The van der Waals surface area contributed by atoms with Crippen LogP contribution in [0.1, 0.15) is 0 Å². The smallest absolute Gasteiger partial charge is 0.353 e. The number of halogens is 4. The summed E-state index contributed by atoms with van der Waals surface area (Å²) in [6.45, 7) is 0. The molecule has 0 bridgehead atoms. The Kier molecular flexibility index (Phi) is 4.07. The molecule has 0 aliphatic carbocycles. The molecule has 18 heavy (non-hydrogen) atoms. The van der Waals surface area contributed by atoms with E-state index in [1.54, 1.807) is 5.32 Å². The van der Waals surface area contributed by atoms with Gasteiger partial charge in [0, 0.05) is 19.2 Å². The van der Waals surface area contributed by atoms with Crippen LogP contribution >= 0.6 is 0 Å². The molecule has 1 aromatic carbocycles. The number of methoxy groups -OCH3 is 1. The molecule has 9 heteroatoms. The van der Waals surface area contributed by atoms with Gasteiger partial charge in [-0.25, -0.2) is 4.39 Å². The molecule has 0 heterocycles. The van der Waals surface area contributed by atoms with E-state index in [1.807, 2.05) is 0 Å². The number of hydrogen-bond acceptors (Lipinski definition) is 4. The van der Waals surface area contributed by atoms with Crippen LogP contribution in [-0.2, 0) is 4.74 Å². The molecule has 0 aromatic heterocycles. The number of ether oxygens (including phenoxy) is 1. The van der Waals surface area contributed by atoms with Gasteiger partial charge in [-0.2, -0.15) is 13.2 Å². The maximum atomic E-state index is 13.2. The zero-order valence-corrected chi connectivity index (χ0v) is 8.99. The van der Waals surface area contributed by atoms with Gasteiger partial charge in [-0.1, -0.05) is 0 Å². The van der Waals surface area contributed by atoms with Gasteiger partial charge in [0.2, 0.25) is 6.23 Å². The Morgan fingerprint density at radius 2 is 2.06 bits per heavy atom. The first-order chi connectivity index (χ1) is 8.25. The second kappa shape index (κ2) is 5.17. The fourth-order valence-corrected chi connectivity index (χ4v) is 1.15. The zero-order valence-electron chi connectivity index (χ0n) is 8.99. The van der Waals surface area contributed by atoms with Gasteiger partial charge < -0.3 is 10.1 Å². The van der Waals surface area contributed by atoms with Crippen molar-refractivity contribution in [2.24, 2.45) is 0 Å². The molecule has 1 N–H and O–H groups in total. The number of benzene rings is 1. The van der Waals surface area contributed by atoms with Crippen molar-refractivity contribution in [2.75, 3.05) is 12.4 Å². The van der Waals surface area contributed by atoms with Crippen LogP contribution in [0.2, 0.25) is 0 Å². The van der Waals surface area contributed by atoms with Crippen LogP contribution in [0.3, 0.4) is 0 Å². The van der Waals surface area contributed by atoms with E-state index in [2.05, 4.69) is 4.74 Å². The fraction of sp³-hybridized carbons (Fsp3) is 0.333. The number of rotatable bonds is 4. The van der Waals surface area contributed by atoms with Crippen LogP contribution in [0.4, 0.5) is 28.9 Å². The normalized spacial score (nSPS) is 13.2. The zero-order chi connectivity index (χ0) is 13.9. The van der Waals surface area contributed by atoms with E-state index in [9.17, 15) is 27.7 Å². The van der Waals surface area contributed by atoms with Crippen LogP contribution in [0.25, 0.3) is 0 Å². The lowest BCUT2D eigenvalue weighted by Gasteiger charge is -2.20. The second-order valence-corrected chi connectivity index (χ2v) is 3.22. The van der Waals surface area contributed by atoms with Gasteiger partial charge in [0.1, 0.15) is 5.82 Å². The summed E-state index contributed by atoms with van der Waals surface area (Å²) in [5.74, 6) is -1.05. The van der Waals surface area contributed by atoms with Crippen molar-refractivity contribution >= 4 is 11.4 Å². The third-order valence-electron chi connectivity index (χ3n) is 1.98. The minimum Gasteiger partial charge on any atom is -0.353 e. The SMILES string of the molecule is COC(Nc1cc([N+](=O)[O-])ccc1F)C(F)(F)F. The molecule has 0 saturated heterocycles. The summed E-state index contributed by atoms with van der Waals surface area (Å²) in [5, 5.41) is 12.1. The maximum Gasteiger partial charge on any atom is 0.433 e. The molecule has 1 atom stereocenters. The predicted octanol–water partition coefficient (Wildman–Crippen LogP) is 2.68. The number of nitro groups is 1. The van der Waals surface area contributed by atoms with E-state index in [-0.39, 0.29) is 0 Å². The molecule has 0 saturated carbocycles. The number of anilines is 1. The lowest BCUT2D eigenvalue weighted by atomic mass is 10.2. The van der Waals surface area contributed by atoms with Crippen LogP contribution in [-0.4, -0.2) is 24.4 Å². The van der Waals surface area contributed by atoms with Crippen molar-refractivity contribution in [3.05, 3.63) is 34.1 Å². The van der Waals surface area contributed by atoms with Gasteiger partial charge in [-0.3, -0.25) is 10.1 Å². The highest BCUT2D eigenvalue weighted by Gasteiger charge is 2.40. The van der Waals surface area contributed by atoms with Gasteiger partial charge in [-0.05, 0) is 6.07 Å². The molecule has 0 amide bonds. The summed E-state index contributed by atoms with van der Waals surface area (Å²) in [5.41, 5.74) is -1.19. The lowest BCUT2D eigenvalue weighted by molar-refractivity contribution is -0.384. The van der Waals surface area contributed by atoms with E-state index in [1.165, 1.54) is 0 Å². The Bertz CT molecular complexity index is 450. The third kappa shape index (κ3) is 3.29. The predicted molar refractivity (Wildman–Crippen MR) is 53.5 cm³/mol. The molecule has 1 rings (SSSR count). The number of alkyl halides is 3. The molecular formula is C9H8F4N2O3. The first-order valence-corrected chi connectivity index (χ1v) is 4.55. The Labute approximate surface area is 98.5 Å². The Balaban J connectivity index is 3.02. The molecule has 1 unspecified atom stereocenters. The van der Waals surface area contributed by atoms with E-state index in [4.69, 9.17) is 0 Å². The summed E-state index contributed by atoms with van der Waals surface area (Å²) in [6.07, 6.45) is -7.22. The highest BCUT2D eigenvalue weighted by Crippen LogP contribution is 2.27. The molecule has 0 radical (unpaired) electrons. The summed E-state index contributed by atoms with van der Waals surface area (Å²) >= 11 is 0. The molecule has 5 nitrogen and oxygen atoms in total. The van der Waals surface area contributed by atoms with Crippen LogP contribution in [0, 0.1) is 15.9 Å². The maximum absolute atomic E-state index is 13.2. The highest BCUT2D eigenvalue weighted by atomic mass is 19.4. The molecule has 0 fully saturated rings. The fourth-order valence-electron chi connectivity index (χ4n) is 1.15. The van der Waals surface area contributed by atoms with Crippen molar-refractivity contribution in [1.29, 1.82) is 0 Å². The Hall–Kier alpha value is -1.90. The van der Waals surface area contributed by atoms with Gasteiger partial charge in [0.05, 0.1) is 10.6 Å². The second-order valence-electron chi connectivity index (χ2n) is 3.22. The third-order valence-corrected chi connectivity index (χ3v) is 1.98. The number of hydrogen-bond donors (Lipinski definition) is 1. The number of nitrogens with one attached hydrogen (secondary N) is 1. The monoisotopic (exact) mass is 268 g/mol. The minimum absolute atomic E-state index is 0.532. The van der Waals surface area contributed by atoms with Crippen molar-refractivity contribution < 1.29 is 27.2 Å². The standard InChI is InChI=1S/C9H8F4N2O3/c1-18-8(9(11,12)13)14-7-4-5(15(16)17)2-3-6(7)10/h2-4,8,14H,1H3. The van der Waals surface area contributed by atoms with E-state index in [0.29, 0.717) is 12.1 Å². The highest BCUT2D eigenvalue weighted by molar-refractivity contribution is 5.52. The lowest BCUT2D eigenvalue weighted by Crippen LogP contribution is -2.38. The van der Waals surface area contributed by atoms with Gasteiger partial charge in [0.15, 0.2) is 0 Å². The number of non-ortho nitro benzene ring substituents is 1. The Morgan fingerprint density at radius 1 is 1.44 bits per heavy atom. The Morgan fingerprint density at radius 3 is 2.50 bits per heavy atom. The summed E-state index contributed by atoms with van der Waals surface area (Å²) in [6, 6.07) is 2.20.